The van der Waals surface area contributed by atoms with E-state index in [1.54, 1.807) is 0 Å². The molecule has 0 N–H and O–H groups in total. The molecule has 0 aromatic carbocycles. The van der Waals surface area contributed by atoms with Crippen molar-refractivity contribution < 1.29 is 0 Å². The van der Waals surface area contributed by atoms with Gasteiger partial charge >= 0.3 is 36.7 Å². The first-order chi connectivity index (χ1) is 1.41. The van der Waals surface area contributed by atoms with Gasteiger partial charge in [-0.2, -0.15) is 0 Å². The zero-order valence-electron chi connectivity index (χ0n) is 1.76. The van der Waals surface area contributed by atoms with E-state index in [-0.39, 0.29) is 23.9 Å². The summed E-state index contributed by atoms with van der Waals surface area (Å²) in [5, 5.41) is 0. The summed E-state index contributed by atoms with van der Waals surface area (Å²) < 4.78 is 0. The minimum Gasteiger partial charge on any atom is 0 e. The Balaban J connectivity index is 0. The molecule has 0 aromatic rings. The van der Waals surface area contributed by atoms with E-state index >= 15 is 0 Å². The third-order valence-corrected chi connectivity index (χ3v) is 0. The summed E-state index contributed by atoms with van der Waals surface area (Å²) in [7, 11) is 9.87. The SMILES string of the molecule is [Cl][Sn][Cl].[Sn]. The Labute approximate surface area is 59.8 Å². The summed E-state index contributed by atoms with van der Waals surface area (Å²) >= 11 is -0.826. The van der Waals surface area contributed by atoms with Crippen LogP contribution in [-0.2, 0) is 0 Å². The van der Waals surface area contributed by atoms with Crippen LogP contribution < -0.4 is 0 Å². The molecule has 4 heavy (non-hydrogen) atoms. The smallest absolute Gasteiger partial charge is 0 e. The molecule has 0 saturated heterocycles. The first-order valence-corrected chi connectivity index (χ1v) is 7.61. The molecule has 4 heteroatoms. The van der Waals surface area contributed by atoms with Crippen LogP contribution in [0.15, 0.2) is 0 Å². The van der Waals surface area contributed by atoms with E-state index in [4.69, 9.17) is 17.8 Å². The topological polar surface area (TPSA) is 0 Å². The van der Waals surface area contributed by atoms with Gasteiger partial charge in [-0.1, -0.05) is 0 Å². The maximum Gasteiger partial charge on any atom is 0 e. The normalized spacial score (nSPS) is 4.50. The third-order valence-electron chi connectivity index (χ3n) is 0. The van der Waals surface area contributed by atoms with Crippen molar-refractivity contribution in [2.45, 2.75) is 0 Å². The molecule has 0 atom stereocenters. The predicted molar refractivity (Wildman–Crippen MR) is 23.2 cm³/mol. The molecule has 0 fully saturated rings. The van der Waals surface area contributed by atoms with Crippen LogP contribution in [0.3, 0.4) is 0 Å². The molecule has 0 nitrogen and oxygen atoms in total. The van der Waals surface area contributed by atoms with E-state index in [2.05, 4.69) is 0 Å². The summed E-state index contributed by atoms with van der Waals surface area (Å²) in [4.78, 5) is 0. The van der Waals surface area contributed by atoms with Gasteiger partial charge < -0.3 is 0 Å². The van der Waals surface area contributed by atoms with Crippen LogP contribution in [0.4, 0.5) is 0 Å². The fourth-order valence-corrected chi connectivity index (χ4v) is 0. The van der Waals surface area contributed by atoms with Crippen molar-refractivity contribution in [2.24, 2.45) is 0 Å². The molecular weight excluding hydrogens is 308 g/mol. The first-order valence-electron chi connectivity index (χ1n) is 0.378. The Morgan fingerprint density at radius 1 is 1.25 bits per heavy atom. The molecule has 0 spiro atoms. The van der Waals surface area contributed by atoms with Gasteiger partial charge in [-0.05, 0) is 0 Å². The quantitative estimate of drug-likeness (QED) is 0.576. The van der Waals surface area contributed by atoms with Crippen molar-refractivity contribution in [1.29, 1.82) is 0 Å². The van der Waals surface area contributed by atoms with E-state index in [0.717, 1.165) is 0 Å². The van der Waals surface area contributed by atoms with Gasteiger partial charge in [0.15, 0.2) is 0 Å². The Kier molecular flexibility index (Phi) is 21.2. The predicted octanol–water partition coefficient (Wildman–Crippen LogP) is 0.617. The minimum atomic E-state index is -0.826. The molecule has 0 heterocycles. The number of rotatable bonds is 0. The maximum atomic E-state index is 4.93. The Morgan fingerprint density at radius 2 is 1.25 bits per heavy atom. The summed E-state index contributed by atoms with van der Waals surface area (Å²) in [5.41, 5.74) is 0. The Hall–Kier alpha value is 2.18. The van der Waals surface area contributed by atoms with Crippen molar-refractivity contribution in [3.8, 4) is 0 Å². The molecule has 0 bridgehead atoms. The van der Waals surface area contributed by atoms with Gasteiger partial charge in [0.2, 0.25) is 0 Å². The van der Waals surface area contributed by atoms with E-state index < -0.39 is 18.9 Å². The molecule has 22 valence electrons. The molecular formula is Cl2Sn2. The third kappa shape index (κ3) is 8.90. The van der Waals surface area contributed by atoms with Gasteiger partial charge in [0.1, 0.15) is 0 Å². The molecule has 0 aromatic heterocycles. The maximum absolute atomic E-state index is 4.93. The van der Waals surface area contributed by atoms with Crippen LogP contribution in [0.2, 0.25) is 0 Å². The van der Waals surface area contributed by atoms with Crippen LogP contribution in [0.1, 0.15) is 0 Å². The van der Waals surface area contributed by atoms with Gasteiger partial charge in [0.25, 0.3) is 0 Å². The van der Waals surface area contributed by atoms with Crippen LogP contribution in [0.5, 0.6) is 0 Å². The van der Waals surface area contributed by atoms with Crippen LogP contribution in [0.25, 0.3) is 0 Å². The zero-order chi connectivity index (χ0) is 2.71. The van der Waals surface area contributed by atoms with Crippen molar-refractivity contribution in [3.63, 3.8) is 0 Å². The second-order valence-corrected chi connectivity index (χ2v) is 4.31. The average molecular weight is 308 g/mol. The fourth-order valence-electron chi connectivity index (χ4n) is 0. The Bertz CT molecular complexity index is 4.00. The number of hydrogen-bond donors (Lipinski definition) is 0. The first kappa shape index (κ1) is 9.49. The number of halogens is 2. The van der Waals surface area contributed by atoms with Crippen LogP contribution in [0, 0.1) is 0 Å². The van der Waals surface area contributed by atoms with E-state index in [0.29, 0.717) is 0 Å². The fraction of sp³-hybridized carbons (Fsp3) is 0. The second kappa shape index (κ2) is 8.95. The molecule has 0 amide bonds. The molecule has 0 aliphatic carbocycles. The van der Waals surface area contributed by atoms with Gasteiger partial charge in [0.05, 0.1) is 0 Å². The van der Waals surface area contributed by atoms with Gasteiger partial charge in [-0.3, -0.25) is 0 Å². The summed E-state index contributed by atoms with van der Waals surface area (Å²) in [6.07, 6.45) is 0. The number of hydrogen-bond acceptors (Lipinski definition) is 0. The van der Waals surface area contributed by atoms with E-state index in [1.807, 2.05) is 0 Å². The molecule has 0 saturated carbocycles. The van der Waals surface area contributed by atoms with Crippen molar-refractivity contribution in [2.75, 3.05) is 0 Å². The molecule has 0 unspecified atom stereocenters. The summed E-state index contributed by atoms with van der Waals surface area (Å²) in [6.45, 7) is 0. The zero-order valence-corrected chi connectivity index (χ0v) is 8.98. The summed E-state index contributed by atoms with van der Waals surface area (Å²) in [6, 6.07) is 0. The summed E-state index contributed by atoms with van der Waals surface area (Å²) in [5.74, 6) is 0. The molecule has 0 rings (SSSR count). The average Bonchev–Trinajstić information content (AvgIpc) is 0.918. The van der Waals surface area contributed by atoms with Gasteiger partial charge in [-0.25, -0.2) is 0 Å². The minimum absolute atomic E-state index is 0. The molecule has 6 radical (unpaired) electrons. The molecule has 0 aliphatic heterocycles. The molecule has 0 aliphatic rings. The van der Waals surface area contributed by atoms with Crippen molar-refractivity contribution >= 4 is 60.6 Å². The Morgan fingerprint density at radius 3 is 1.25 bits per heavy atom. The monoisotopic (exact) mass is 310 g/mol. The van der Waals surface area contributed by atoms with E-state index in [1.165, 1.54) is 0 Å². The van der Waals surface area contributed by atoms with Gasteiger partial charge in [0, 0.05) is 23.9 Å². The largest absolute Gasteiger partial charge is 0 e. The van der Waals surface area contributed by atoms with Crippen LogP contribution in [-0.4, -0.2) is 42.8 Å². The standard InChI is InChI=1S/2ClH.2Sn/h2*1H;;/q;;;+2/p-2. The van der Waals surface area contributed by atoms with Crippen molar-refractivity contribution in [3.05, 3.63) is 0 Å². The second-order valence-electron chi connectivity index (χ2n) is 0.0714. The van der Waals surface area contributed by atoms with Crippen LogP contribution >= 0.6 is 17.8 Å². The van der Waals surface area contributed by atoms with E-state index in [9.17, 15) is 0 Å². The van der Waals surface area contributed by atoms with Gasteiger partial charge in [-0.15, -0.1) is 0 Å². The van der Waals surface area contributed by atoms with Crippen molar-refractivity contribution in [1.82, 2.24) is 0 Å².